The molecule has 0 radical (unpaired) electrons. The number of likely N-dealkylation sites (N-methyl/N-ethyl adjacent to an activating group) is 1. The number of hydrogen-bond donors (Lipinski definition) is 1. The second-order valence-electron chi connectivity index (χ2n) is 3.04. The van der Waals surface area contributed by atoms with Gasteiger partial charge in [0.05, 0.1) is 13.7 Å². The summed E-state index contributed by atoms with van der Waals surface area (Å²) in [7, 11) is 5.52. The van der Waals surface area contributed by atoms with Gasteiger partial charge in [-0.3, -0.25) is 0 Å². The fraction of sp³-hybridized carbons (Fsp3) is 0.455. The zero-order valence-corrected chi connectivity index (χ0v) is 9.10. The summed E-state index contributed by atoms with van der Waals surface area (Å²) in [6, 6.07) is 9.68. The van der Waals surface area contributed by atoms with Crippen molar-refractivity contribution >= 4 is 0 Å². The van der Waals surface area contributed by atoms with Crippen molar-refractivity contribution in [3.8, 4) is 5.75 Å². The molecule has 1 aromatic carbocycles. The van der Waals surface area contributed by atoms with Gasteiger partial charge < -0.3 is 14.7 Å². The van der Waals surface area contributed by atoms with Gasteiger partial charge in [0.1, 0.15) is 5.75 Å². The van der Waals surface area contributed by atoms with Crippen LogP contribution in [0.2, 0.25) is 0 Å². The highest BCUT2D eigenvalue weighted by molar-refractivity contribution is 5.20. The number of nitrogens with zero attached hydrogens (tertiary/aromatic N) is 1. The minimum Gasteiger partial charge on any atom is -0.497 e. The van der Waals surface area contributed by atoms with Gasteiger partial charge in [0.25, 0.3) is 0 Å². The number of benzene rings is 1. The van der Waals surface area contributed by atoms with Crippen LogP contribution >= 0.6 is 0 Å². The van der Waals surface area contributed by atoms with Crippen molar-refractivity contribution in [1.82, 2.24) is 4.90 Å². The summed E-state index contributed by atoms with van der Waals surface area (Å²) >= 11 is 0. The van der Waals surface area contributed by atoms with Gasteiger partial charge in [-0.1, -0.05) is 18.2 Å². The highest BCUT2D eigenvalue weighted by atomic mass is 16.5. The summed E-state index contributed by atoms with van der Waals surface area (Å²) in [6.07, 6.45) is 0. The third kappa shape index (κ3) is 7.58. The Hall–Kier alpha value is -1.06. The highest BCUT2D eigenvalue weighted by Crippen LogP contribution is 2.05. The third-order valence-corrected chi connectivity index (χ3v) is 1.53. The van der Waals surface area contributed by atoms with Gasteiger partial charge in [0, 0.05) is 6.54 Å². The molecule has 0 aromatic heterocycles. The quantitative estimate of drug-likeness (QED) is 0.791. The number of aliphatic hydroxyl groups excluding tert-OH is 1. The molecule has 1 N–H and O–H groups in total. The lowest BCUT2D eigenvalue weighted by molar-refractivity contribution is 0.243. The first-order valence-corrected chi connectivity index (χ1v) is 4.55. The molecule has 0 amide bonds. The van der Waals surface area contributed by atoms with E-state index in [1.807, 2.05) is 49.3 Å². The summed E-state index contributed by atoms with van der Waals surface area (Å²) in [4.78, 5) is 1.93. The minimum absolute atomic E-state index is 0.257. The molecule has 80 valence electrons. The van der Waals surface area contributed by atoms with Crippen LogP contribution in [-0.4, -0.2) is 44.4 Å². The molecular formula is C11H19NO2. The number of methoxy groups -OCH3 is 1. The van der Waals surface area contributed by atoms with E-state index in [-0.39, 0.29) is 6.61 Å². The van der Waals surface area contributed by atoms with E-state index in [1.165, 1.54) is 0 Å². The van der Waals surface area contributed by atoms with Crippen molar-refractivity contribution < 1.29 is 9.84 Å². The van der Waals surface area contributed by atoms with Gasteiger partial charge in [-0.05, 0) is 26.2 Å². The van der Waals surface area contributed by atoms with E-state index in [1.54, 1.807) is 7.11 Å². The second-order valence-corrected chi connectivity index (χ2v) is 3.04. The van der Waals surface area contributed by atoms with E-state index in [4.69, 9.17) is 9.84 Å². The molecule has 0 saturated heterocycles. The summed E-state index contributed by atoms with van der Waals surface area (Å²) < 4.78 is 4.91. The molecule has 0 heterocycles. The van der Waals surface area contributed by atoms with E-state index in [9.17, 15) is 0 Å². The first-order valence-electron chi connectivity index (χ1n) is 4.55. The highest BCUT2D eigenvalue weighted by Gasteiger charge is 1.81. The Balaban J connectivity index is 0.000000255. The van der Waals surface area contributed by atoms with Crippen LogP contribution in [0.15, 0.2) is 30.3 Å². The Morgan fingerprint density at radius 3 is 2.00 bits per heavy atom. The van der Waals surface area contributed by atoms with Gasteiger partial charge in [0.15, 0.2) is 0 Å². The van der Waals surface area contributed by atoms with Crippen LogP contribution in [0.25, 0.3) is 0 Å². The maximum Gasteiger partial charge on any atom is 0.118 e. The van der Waals surface area contributed by atoms with Crippen LogP contribution in [-0.2, 0) is 0 Å². The topological polar surface area (TPSA) is 32.7 Å². The molecule has 0 aliphatic heterocycles. The second kappa shape index (κ2) is 8.53. The lowest BCUT2D eigenvalue weighted by Crippen LogP contribution is -2.15. The van der Waals surface area contributed by atoms with Crippen molar-refractivity contribution in [3.05, 3.63) is 30.3 Å². The van der Waals surface area contributed by atoms with Crippen molar-refractivity contribution in [3.63, 3.8) is 0 Å². The smallest absolute Gasteiger partial charge is 0.118 e. The third-order valence-electron chi connectivity index (χ3n) is 1.53. The van der Waals surface area contributed by atoms with Gasteiger partial charge in [-0.15, -0.1) is 0 Å². The maximum absolute atomic E-state index is 8.20. The Labute approximate surface area is 85.9 Å². The van der Waals surface area contributed by atoms with Crippen molar-refractivity contribution in [2.45, 2.75) is 0 Å². The maximum atomic E-state index is 8.20. The zero-order valence-electron chi connectivity index (χ0n) is 9.10. The number of ether oxygens (including phenoxy) is 1. The summed E-state index contributed by atoms with van der Waals surface area (Å²) in [5.74, 6) is 0.910. The average molecular weight is 197 g/mol. The van der Waals surface area contributed by atoms with Crippen LogP contribution in [0.5, 0.6) is 5.75 Å². The molecule has 0 spiro atoms. The monoisotopic (exact) mass is 197 g/mol. The fourth-order valence-electron chi connectivity index (χ4n) is 0.757. The van der Waals surface area contributed by atoms with Gasteiger partial charge in [-0.2, -0.15) is 0 Å². The molecule has 0 saturated carbocycles. The van der Waals surface area contributed by atoms with Crippen molar-refractivity contribution in [1.29, 1.82) is 0 Å². The lowest BCUT2D eigenvalue weighted by atomic mass is 10.3. The van der Waals surface area contributed by atoms with Crippen LogP contribution in [0.3, 0.4) is 0 Å². The fourth-order valence-corrected chi connectivity index (χ4v) is 0.757. The minimum atomic E-state index is 0.257. The summed E-state index contributed by atoms with van der Waals surface area (Å²) in [6.45, 7) is 1.02. The summed E-state index contributed by atoms with van der Waals surface area (Å²) in [5, 5.41) is 8.20. The molecule has 1 rings (SSSR count). The van der Waals surface area contributed by atoms with Gasteiger partial charge in [-0.25, -0.2) is 0 Å². The van der Waals surface area contributed by atoms with Crippen molar-refractivity contribution in [2.24, 2.45) is 0 Å². The molecule has 14 heavy (non-hydrogen) atoms. The number of aliphatic hydroxyl groups is 1. The Morgan fingerprint density at radius 2 is 1.79 bits per heavy atom. The molecule has 0 fully saturated rings. The predicted molar refractivity (Wildman–Crippen MR) is 58.6 cm³/mol. The van der Waals surface area contributed by atoms with Gasteiger partial charge >= 0.3 is 0 Å². The first-order chi connectivity index (χ1) is 6.70. The molecule has 0 aliphatic carbocycles. The van der Waals surface area contributed by atoms with Crippen LogP contribution in [0, 0.1) is 0 Å². The molecule has 3 nitrogen and oxygen atoms in total. The summed E-state index contributed by atoms with van der Waals surface area (Å²) in [5.41, 5.74) is 0. The standard InChI is InChI=1S/C7H8O.C4H11NO/c1-8-7-5-3-2-4-6-7;1-5(2)3-4-6/h2-6H,1H3;6H,3-4H2,1-2H3. The average Bonchev–Trinajstić information content (AvgIpc) is 2.20. The van der Waals surface area contributed by atoms with E-state index in [0.717, 1.165) is 12.3 Å². The zero-order chi connectivity index (χ0) is 10.8. The van der Waals surface area contributed by atoms with Crippen molar-refractivity contribution in [2.75, 3.05) is 34.4 Å². The van der Waals surface area contributed by atoms with Crippen LogP contribution < -0.4 is 4.74 Å². The van der Waals surface area contributed by atoms with E-state index in [0.29, 0.717) is 0 Å². The van der Waals surface area contributed by atoms with Crippen LogP contribution in [0.1, 0.15) is 0 Å². The predicted octanol–water partition coefficient (Wildman–Crippen LogP) is 1.24. The Bertz CT molecular complexity index is 212. The molecule has 3 heteroatoms. The number of para-hydroxylation sites is 1. The molecular weight excluding hydrogens is 178 g/mol. The molecule has 0 bridgehead atoms. The first kappa shape index (κ1) is 12.9. The number of hydrogen-bond acceptors (Lipinski definition) is 3. The van der Waals surface area contributed by atoms with Crippen LogP contribution in [0.4, 0.5) is 0 Å². The SMILES string of the molecule is CN(C)CCO.COc1ccccc1. The Morgan fingerprint density at radius 1 is 1.21 bits per heavy atom. The van der Waals surface area contributed by atoms with Gasteiger partial charge in [0.2, 0.25) is 0 Å². The molecule has 0 atom stereocenters. The largest absolute Gasteiger partial charge is 0.497 e. The number of rotatable bonds is 3. The van der Waals surface area contributed by atoms with E-state index in [2.05, 4.69) is 0 Å². The molecule has 0 aliphatic rings. The van der Waals surface area contributed by atoms with E-state index >= 15 is 0 Å². The normalized spacial score (nSPS) is 9.21. The lowest BCUT2D eigenvalue weighted by Gasteiger charge is -2.03. The molecule has 0 unspecified atom stereocenters. The van der Waals surface area contributed by atoms with E-state index < -0.39 is 0 Å². The Kier molecular flexibility index (Phi) is 7.89. The molecule has 1 aromatic rings.